The van der Waals surface area contributed by atoms with Gasteiger partial charge in [0.25, 0.3) is 5.69 Å². The van der Waals surface area contributed by atoms with E-state index in [9.17, 15) is 19.7 Å². The van der Waals surface area contributed by atoms with Crippen LogP contribution in [0.2, 0.25) is 0 Å². The number of ether oxygens (including phenoxy) is 1. The Balaban J connectivity index is 1.64. The van der Waals surface area contributed by atoms with E-state index in [0.29, 0.717) is 24.1 Å². The van der Waals surface area contributed by atoms with Crippen molar-refractivity contribution in [2.75, 3.05) is 6.61 Å². The summed E-state index contributed by atoms with van der Waals surface area (Å²) >= 11 is 0. The average molecular weight is 403 g/mol. The second-order valence-corrected chi connectivity index (χ2v) is 6.37. The van der Waals surface area contributed by atoms with Crippen molar-refractivity contribution in [1.29, 1.82) is 5.26 Å². The van der Waals surface area contributed by atoms with Crippen LogP contribution >= 0.6 is 0 Å². The largest absolute Gasteiger partial charge is 0.454 e. The summed E-state index contributed by atoms with van der Waals surface area (Å²) in [4.78, 5) is 34.6. The number of carbonyl (C=O) groups is 2. The fraction of sp³-hybridized carbons (Fsp3) is 0.136. The van der Waals surface area contributed by atoms with Crippen LogP contribution in [0, 0.1) is 21.4 Å². The van der Waals surface area contributed by atoms with E-state index in [1.54, 1.807) is 6.20 Å². The van der Waals surface area contributed by atoms with Gasteiger partial charge in [0, 0.05) is 47.4 Å². The minimum Gasteiger partial charge on any atom is -0.454 e. The van der Waals surface area contributed by atoms with E-state index < -0.39 is 17.5 Å². The lowest BCUT2D eigenvalue weighted by Gasteiger charge is -2.01. The number of nitro groups is 1. The first-order valence-corrected chi connectivity index (χ1v) is 9.07. The molecule has 0 amide bonds. The normalized spacial score (nSPS) is 10.8. The van der Waals surface area contributed by atoms with Crippen molar-refractivity contribution in [3.05, 3.63) is 82.0 Å². The summed E-state index contributed by atoms with van der Waals surface area (Å²) in [6.07, 6.45) is 4.59. The molecule has 0 aliphatic carbocycles. The number of aromatic nitrogens is 1. The van der Waals surface area contributed by atoms with Crippen molar-refractivity contribution in [3.8, 4) is 6.07 Å². The van der Waals surface area contributed by atoms with Gasteiger partial charge >= 0.3 is 5.97 Å². The molecule has 1 heterocycles. The molecule has 150 valence electrons. The number of benzene rings is 2. The molecule has 0 aliphatic rings. The number of aryl methyl sites for hydroxylation is 1. The van der Waals surface area contributed by atoms with Crippen LogP contribution in [0.5, 0.6) is 0 Å². The maximum atomic E-state index is 12.6. The number of ketones is 1. The number of hydrogen-bond acceptors (Lipinski definition) is 6. The van der Waals surface area contributed by atoms with Crippen LogP contribution < -0.4 is 0 Å². The molecule has 8 heteroatoms. The quantitative estimate of drug-likeness (QED) is 0.185. The third-order valence-electron chi connectivity index (χ3n) is 4.41. The second kappa shape index (κ2) is 9.30. The molecule has 0 radical (unpaired) electrons. The molecule has 0 unspecified atom stereocenters. The number of rotatable bonds is 8. The van der Waals surface area contributed by atoms with Crippen LogP contribution in [0.15, 0.2) is 60.8 Å². The van der Waals surface area contributed by atoms with E-state index in [0.717, 1.165) is 17.0 Å². The van der Waals surface area contributed by atoms with Crippen LogP contribution in [0.3, 0.4) is 0 Å². The highest BCUT2D eigenvalue weighted by molar-refractivity contribution is 6.09. The number of nitrogens with zero attached hydrogens (tertiary/aromatic N) is 3. The lowest BCUT2D eigenvalue weighted by molar-refractivity contribution is -0.384. The molecular weight excluding hydrogens is 386 g/mol. The zero-order valence-corrected chi connectivity index (χ0v) is 15.9. The Bertz CT molecular complexity index is 1170. The maximum Gasteiger partial charge on any atom is 0.331 e. The minimum absolute atomic E-state index is 0.0470. The minimum atomic E-state index is -0.699. The van der Waals surface area contributed by atoms with Crippen molar-refractivity contribution in [3.63, 3.8) is 0 Å². The summed E-state index contributed by atoms with van der Waals surface area (Å²) in [5.74, 6) is -1.05. The zero-order chi connectivity index (χ0) is 21.5. The molecule has 0 saturated carbocycles. The van der Waals surface area contributed by atoms with Crippen molar-refractivity contribution in [2.45, 2.75) is 13.0 Å². The van der Waals surface area contributed by atoms with Gasteiger partial charge in [-0.3, -0.25) is 14.9 Å². The van der Waals surface area contributed by atoms with E-state index in [2.05, 4.69) is 6.07 Å². The van der Waals surface area contributed by atoms with Gasteiger partial charge in [0.1, 0.15) is 0 Å². The zero-order valence-electron chi connectivity index (χ0n) is 15.9. The van der Waals surface area contributed by atoms with E-state index in [-0.39, 0.29) is 11.5 Å². The third-order valence-corrected chi connectivity index (χ3v) is 4.41. The highest BCUT2D eigenvalue weighted by Gasteiger charge is 2.16. The molecule has 0 saturated heterocycles. The van der Waals surface area contributed by atoms with Gasteiger partial charge in [-0.25, -0.2) is 4.79 Å². The number of para-hydroxylation sites is 1. The number of fused-ring (bicyclic) bond motifs is 1. The van der Waals surface area contributed by atoms with E-state index >= 15 is 0 Å². The lowest BCUT2D eigenvalue weighted by Crippen LogP contribution is -2.12. The Labute approximate surface area is 171 Å². The number of nitro benzene ring substituents is 1. The Kier molecular flexibility index (Phi) is 6.35. The molecule has 30 heavy (non-hydrogen) atoms. The standard InChI is InChI=1S/C22H17N3O5/c23-12-3-13-24-14-19(18-4-1-2-5-20(18)24)21(26)15-30-22(27)11-8-16-6-9-17(10-7-16)25(28)29/h1-2,4-11,14H,3,13,15H2/b11-8+. The number of carbonyl (C=O) groups excluding carboxylic acids is 2. The Morgan fingerprint density at radius 2 is 1.90 bits per heavy atom. The molecule has 2 aromatic carbocycles. The maximum absolute atomic E-state index is 12.6. The molecule has 1 aromatic heterocycles. The highest BCUT2D eigenvalue weighted by atomic mass is 16.6. The van der Waals surface area contributed by atoms with Gasteiger partial charge in [-0.05, 0) is 29.8 Å². The van der Waals surface area contributed by atoms with Gasteiger partial charge in [-0.15, -0.1) is 0 Å². The van der Waals surface area contributed by atoms with Gasteiger partial charge in [-0.2, -0.15) is 5.26 Å². The Morgan fingerprint density at radius 1 is 1.17 bits per heavy atom. The van der Waals surface area contributed by atoms with Crippen LogP contribution in [-0.2, 0) is 16.1 Å². The van der Waals surface area contributed by atoms with Gasteiger partial charge in [0.2, 0.25) is 5.78 Å². The van der Waals surface area contributed by atoms with Gasteiger partial charge in [-0.1, -0.05) is 18.2 Å². The lowest BCUT2D eigenvalue weighted by atomic mass is 10.1. The summed E-state index contributed by atoms with van der Waals surface area (Å²) < 4.78 is 6.87. The number of hydrogen-bond donors (Lipinski definition) is 0. The molecule has 0 spiro atoms. The van der Waals surface area contributed by atoms with Crippen molar-refractivity contribution in [2.24, 2.45) is 0 Å². The van der Waals surface area contributed by atoms with Crippen LogP contribution in [0.4, 0.5) is 5.69 Å². The van der Waals surface area contributed by atoms with E-state index in [4.69, 9.17) is 10.00 Å². The van der Waals surface area contributed by atoms with Crippen molar-refractivity contribution in [1.82, 2.24) is 4.57 Å². The fourth-order valence-electron chi connectivity index (χ4n) is 2.96. The average Bonchev–Trinajstić information content (AvgIpc) is 3.13. The number of non-ortho nitro benzene ring substituents is 1. The van der Waals surface area contributed by atoms with Crippen LogP contribution in [0.1, 0.15) is 22.3 Å². The molecule has 0 N–H and O–H groups in total. The molecule has 0 aliphatic heterocycles. The molecule has 0 fully saturated rings. The summed E-state index contributed by atoms with van der Waals surface area (Å²) in [6, 6.07) is 15.1. The molecular formula is C22H17N3O5. The highest BCUT2D eigenvalue weighted by Crippen LogP contribution is 2.22. The topological polar surface area (TPSA) is 115 Å². The smallest absolute Gasteiger partial charge is 0.331 e. The molecule has 0 atom stereocenters. The number of esters is 1. The monoisotopic (exact) mass is 403 g/mol. The third kappa shape index (κ3) is 4.77. The second-order valence-electron chi connectivity index (χ2n) is 6.37. The van der Waals surface area contributed by atoms with Crippen LogP contribution in [0.25, 0.3) is 17.0 Å². The van der Waals surface area contributed by atoms with E-state index in [1.807, 2.05) is 28.8 Å². The van der Waals surface area contributed by atoms with Gasteiger partial charge in [0.05, 0.1) is 17.4 Å². The number of Topliss-reactive ketones (excluding diaryl/α,β-unsaturated/α-hetero) is 1. The first-order valence-electron chi connectivity index (χ1n) is 9.07. The SMILES string of the molecule is N#CCCn1cc(C(=O)COC(=O)/C=C/c2ccc([N+](=O)[O-])cc2)c2ccccc21. The van der Waals surface area contributed by atoms with Gasteiger partial charge in [0.15, 0.2) is 6.61 Å². The first-order chi connectivity index (χ1) is 14.5. The van der Waals surface area contributed by atoms with Gasteiger partial charge < -0.3 is 9.30 Å². The summed E-state index contributed by atoms with van der Waals surface area (Å²) in [7, 11) is 0. The first kappa shape index (κ1) is 20.5. The Hall–Kier alpha value is -4.25. The van der Waals surface area contributed by atoms with Crippen molar-refractivity contribution < 1.29 is 19.2 Å². The summed E-state index contributed by atoms with van der Waals surface area (Å²) in [5.41, 5.74) is 1.80. The predicted octanol–water partition coefficient (Wildman–Crippen LogP) is 3.90. The number of nitriles is 1. The van der Waals surface area contributed by atoms with Crippen LogP contribution in [-0.4, -0.2) is 27.8 Å². The predicted molar refractivity (Wildman–Crippen MR) is 110 cm³/mol. The fourth-order valence-corrected chi connectivity index (χ4v) is 2.96. The molecule has 8 nitrogen and oxygen atoms in total. The Morgan fingerprint density at radius 3 is 2.60 bits per heavy atom. The summed E-state index contributed by atoms with van der Waals surface area (Å²) in [6.45, 7) is 0.0394. The molecule has 0 bridgehead atoms. The molecule has 3 rings (SSSR count). The van der Waals surface area contributed by atoms with E-state index in [1.165, 1.54) is 30.3 Å². The summed E-state index contributed by atoms with van der Waals surface area (Å²) in [5, 5.41) is 20.2. The van der Waals surface area contributed by atoms with Crippen molar-refractivity contribution >= 4 is 34.4 Å². The molecule has 3 aromatic rings.